The Labute approximate surface area is 108 Å². The van der Waals surface area contributed by atoms with E-state index in [9.17, 15) is 9.90 Å². The van der Waals surface area contributed by atoms with Gasteiger partial charge in [-0.25, -0.2) is 4.79 Å². The highest BCUT2D eigenvalue weighted by Crippen LogP contribution is 2.55. The predicted octanol–water partition coefficient (Wildman–Crippen LogP) is 1.87. The molecular weight excluding hydrogens is 230 g/mol. The molecule has 1 aliphatic heterocycles. The normalized spacial score (nSPS) is 42.2. The summed E-state index contributed by atoms with van der Waals surface area (Å²) in [5.74, 6) is 1.86. The van der Waals surface area contributed by atoms with E-state index in [0.717, 1.165) is 25.9 Å². The van der Waals surface area contributed by atoms with Gasteiger partial charge >= 0.3 is 6.09 Å². The Morgan fingerprint density at radius 3 is 2.06 bits per heavy atom. The lowest BCUT2D eigenvalue weighted by molar-refractivity contribution is 0.0248. The quantitative estimate of drug-likeness (QED) is 0.717. The number of aliphatic hydroxyl groups excluding tert-OH is 1. The second-order valence-corrected chi connectivity index (χ2v) is 7.11. The summed E-state index contributed by atoms with van der Waals surface area (Å²) in [6.07, 6.45) is 1.97. The van der Waals surface area contributed by atoms with Crippen LogP contribution in [0.5, 0.6) is 0 Å². The number of likely N-dealkylation sites (tertiary alicyclic amines) is 1. The topological polar surface area (TPSA) is 49.8 Å². The number of aliphatic hydroxyl groups is 1. The highest BCUT2D eigenvalue weighted by molar-refractivity contribution is 5.68. The molecule has 3 aliphatic rings. The van der Waals surface area contributed by atoms with E-state index in [1.165, 1.54) is 0 Å². The fourth-order valence-corrected chi connectivity index (χ4v) is 4.21. The van der Waals surface area contributed by atoms with Crippen LogP contribution in [0.25, 0.3) is 0 Å². The molecule has 1 heterocycles. The van der Waals surface area contributed by atoms with Crippen molar-refractivity contribution in [3.63, 3.8) is 0 Å². The molecule has 0 spiro atoms. The van der Waals surface area contributed by atoms with Crippen molar-refractivity contribution in [1.82, 2.24) is 4.90 Å². The average molecular weight is 253 g/mol. The lowest BCUT2D eigenvalue weighted by Crippen LogP contribution is -2.37. The minimum absolute atomic E-state index is 0.110. The molecule has 0 aromatic carbocycles. The summed E-state index contributed by atoms with van der Waals surface area (Å²) in [6.45, 7) is 7.25. The van der Waals surface area contributed by atoms with Gasteiger partial charge in [-0.2, -0.15) is 0 Å². The Hall–Kier alpha value is -0.770. The summed E-state index contributed by atoms with van der Waals surface area (Å²) in [6, 6.07) is 0. The second-order valence-electron chi connectivity index (χ2n) is 7.11. The van der Waals surface area contributed by atoms with Gasteiger partial charge in [-0.05, 0) is 57.3 Å². The molecule has 2 aliphatic carbocycles. The standard InChI is InChI=1S/C14H23NO3/c1-14(2,3)18-13(17)15-6-10-8-4-5-9(12(8)16)11(10)7-15/h8-12,16H,4-7H2,1-3H3. The summed E-state index contributed by atoms with van der Waals surface area (Å²) in [5.41, 5.74) is -0.423. The van der Waals surface area contributed by atoms with Crippen molar-refractivity contribution in [3.8, 4) is 0 Å². The monoisotopic (exact) mass is 253 g/mol. The third kappa shape index (κ3) is 1.81. The van der Waals surface area contributed by atoms with Crippen molar-refractivity contribution in [2.75, 3.05) is 13.1 Å². The van der Waals surface area contributed by atoms with Gasteiger partial charge in [0.15, 0.2) is 0 Å². The maximum Gasteiger partial charge on any atom is 0.410 e. The van der Waals surface area contributed by atoms with E-state index in [2.05, 4.69) is 0 Å². The zero-order valence-electron chi connectivity index (χ0n) is 11.4. The summed E-state index contributed by atoms with van der Waals surface area (Å²) in [5, 5.41) is 10.1. The molecule has 18 heavy (non-hydrogen) atoms. The predicted molar refractivity (Wildman–Crippen MR) is 67.0 cm³/mol. The minimum Gasteiger partial charge on any atom is -0.444 e. The smallest absolute Gasteiger partial charge is 0.410 e. The van der Waals surface area contributed by atoms with E-state index in [1.807, 2.05) is 25.7 Å². The second kappa shape index (κ2) is 3.86. The van der Waals surface area contributed by atoms with Crippen molar-refractivity contribution in [3.05, 3.63) is 0 Å². The van der Waals surface area contributed by atoms with Gasteiger partial charge in [0.2, 0.25) is 0 Å². The Balaban J connectivity index is 1.66. The molecule has 1 saturated heterocycles. The van der Waals surface area contributed by atoms with Crippen LogP contribution in [0.3, 0.4) is 0 Å². The number of amides is 1. The molecule has 1 amide bonds. The number of carbonyl (C=O) groups excluding carboxylic acids is 1. The highest BCUT2D eigenvalue weighted by Gasteiger charge is 2.57. The molecule has 2 bridgehead atoms. The Morgan fingerprint density at radius 2 is 1.61 bits per heavy atom. The largest absolute Gasteiger partial charge is 0.444 e. The van der Waals surface area contributed by atoms with Crippen LogP contribution in [0, 0.1) is 23.7 Å². The third-order valence-electron chi connectivity index (χ3n) is 4.87. The first-order valence-electron chi connectivity index (χ1n) is 7.03. The van der Waals surface area contributed by atoms with Crippen LogP contribution in [0.4, 0.5) is 4.79 Å². The van der Waals surface area contributed by atoms with Gasteiger partial charge in [0.1, 0.15) is 5.60 Å². The van der Waals surface area contributed by atoms with Crippen LogP contribution in [0.1, 0.15) is 33.6 Å². The van der Waals surface area contributed by atoms with Gasteiger partial charge in [0, 0.05) is 13.1 Å². The zero-order valence-corrected chi connectivity index (χ0v) is 11.4. The maximum atomic E-state index is 12.0. The SMILES string of the molecule is CC(C)(C)OC(=O)N1CC2C3CCC(C3O)C2C1. The summed E-state index contributed by atoms with van der Waals surface area (Å²) < 4.78 is 5.43. The van der Waals surface area contributed by atoms with E-state index < -0.39 is 5.60 Å². The number of hydrogen-bond donors (Lipinski definition) is 1. The van der Waals surface area contributed by atoms with Gasteiger partial charge in [-0.3, -0.25) is 0 Å². The van der Waals surface area contributed by atoms with Crippen molar-refractivity contribution in [1.29, 1.82) is 0 Å². The first kappa shape index (κ1) is 12.3. The maximum absolute atomic E-state index is 12.0. The number of hydrogen-bond acceptors (Lipinski definition) is 3. The van der Waals surface area contributed by atoms with Gasteiger partial charge < -0.3 is 14.7 Å². The van der Waals surface area contributed by atoms with Gasteiger partial charge in [0.25, 0.3) is 0 Å². The molecule has 4 atom stereocenters. The van der Waals surface area contributed by atoms with E-state index >= 15 is 0 Å². The lowest BCUT2D eigenvalue weighted by atomic mass is 9.82. The number of carbonyl (C=O) groups is 1. The Bertz CT molecular complexity index is 343. The van der Waals surface area contributed by atoms with E-state index in [0.29, 0.717) is 23.7 Å². The molecule has 1 N–H and O–H groups in total. The fraction of sp³-hybridized carbons (Fsp3) is 0.929. The Kier molecular flexibility index (Phi) is 2.63. The van der Waals surface area contributed by atoms with Crippen LogP contribution in [-0.2, 0) is 4.74 Å². The number of rotatable bonds is 0. The van der Waals surface area contributed by atoms with E-state index in [1.54, 1.807) is 0 Å². The highest BCUT2D eigenvalue weighted by atomic mass is 16.6. The van der Waals surface area contributed by atoms with Crippen LogP contribution < -0.4 is 0 Å². The molecule has 0 radical (unpaired) electrons. The molecule has 102 valence electrons. The van der Waals surface area contributed by atoms with Gasteiger partial charge in [-0.15, -0.1) is 0 Å². The first-order chi connectivity index (χ1) is 8.37. The van der Waals surface area contributed by atoms with E-state index in [4.69, 9.17) is 4.74 Å². The van der Waals surface area contributed by atoms with Crippen LogP contribution >= 0.6 is 0 Å². The molecule has 4 nitrogen and oxygen atoms in total. The molecular formula is C14H23NO3. The summed E-state index contributed by atoms with van der Waals surface area (Å²) in [4.78, 5) is 13.9. The Morgan fingerprint density at radius 1 is 1.11 bits per heavy atom. The van der Waals surface area contributed by atoms with Gasteiger partial charge in [0.05, 0.1) is 6.10 Å². The zero-order chi connectivity index (χ0) is 13.1. The summed E-state index contributed by atoms with van der Waals surface area (Å²) >= 11 is 0. The van der Waals surface area contributed by atoms with Crippen molar-refractivity contribution >= 4 is 6.09 Å². The molecule has 4 heteroatoms. The molecule has 3 rings (SSSR count). The fourth-order valence-electron chi connectivity index (χ4n) is 4.21. The first-order valence-corrected chi connectivity index (χ1v) is 7.03. The minimum atomic E-state index is -0.423. The van der Waals surface area contributed by atoms with Crippen molar-refractivity contribution in [2.24, 2.45) is 23.7 Å². The molecule has 2 saturated carbocycles. The van der Waals surface area contributed by atoms with E-state index in [-0.39, 0.29) is 12.2 Å². The van der Waals surface area contributed by atoms with Crippen LogP contribution in [0.2, 0.25) is 0 Å². The number of ether oxygens (including phenoxy) is 1. The average Bonchev–Trinajstić information content (AvgIpc) is 2.85. The number of fused-ring (bicyclic) bond motifs is 5. The number of nitrogens with zero attached hydrogens (tertiary/aromatic N) is 1. The molecule has 0 aromatic rings. The third-order valence-corrected chi connectivity index (χ3v) is 4.87. The van der Waals surface area contributed by atoms with Crippen molar-refractivity contribution < 1.29 is 14.6 Å². The molecule has 3 fully saturated rings. The molecule has 4 unspecified atom stereocenters. The summed E-state index contributed by atoms with van der Waals surface area (Å²) in [7, 11) is 0. The van der Waals surface area contributed by atoms with Crippen molar-refractivity contribution in [2.45, 2.75) is 45.3 Å². The van der Waals surface area contributed by atoms with Crippen LogP contribution in [-0.4, -0.2) is 40.9 Å². The van der Waals surface area contributed by atoms with Gasteiger partial charge in [-0.1, -0.05) is 0 Å². The lowest BCUT2D eigenvalue weighted by Gasteiger charge is -2.25. The van der Waals surface area contributed by atoms with Crippen LogP contribution in [0.15, 0.2) is 0 Å². The molecule has 0 aromatic heterocycles.